The van der Waals surface area contributed by atoms with Crippen LogP contribution in [0, 0.1) is 5.82 Å². The minimum Gasteiger partial charge on any atom is -0.494 e. The fourth-order valence-electron chi connectivity index (χ4n) is 1.67. The molecule has 1 heterocycles. The second-order valence-corrected chi connectivity index (χ2v) is 4.53. The minimum atomic E-state index is -0.479. The van der Waals surface area contributed by atoms with Crippen LogP contribution in [0.2, 0.25) is 0 Å². The van der Waals surface area contributed by atoms with E-state index in [1.807, 2.05) is 13.8 Å². The van der Waals surface area contributed by atoms with Crippen LogP contribution in [0.15, 0.2) is 18.2 Å². The van der Waals surface area contributed by atoms with Crippen LogP contribution in [0.3, 0.4) is 0 Å². The maximum Gasteiger partial charge on any atom is 0.322 e. The smallest absolute Gasteiger partial charge is 0.322 e. The van der Waals surface area contributed by atoms with Crippen LogP contribution in [-0.4, -0.2) is 35.2 Å². The molecule has 1 aromatic heterocycles. The first-order chi connectivity index (χ1) is 10.0. The number of nitrogens with one attached hydrogen (secondary N) is 1. The molecule has 2 rings (SSSR count). The van der Waals surface area contributed by atoms with E-state index in [0.29, 0.717) is 17.3 Å². The van der Waals surface area contributed by atoms with Gasteiger partial charge in [0.25, 0.3) is 0 Å². The van der Waals surface area contributed by atoms with Gasteiger partial charge in [-0.3, -0.25) is 0 Å². The molecule has 1 aromatic carbocycles. The van der Waals surface area contributed by atoms with Gasteiger partial charge in [0.05, 0.1) is 13.2 Å². The molecular formula is C14H17FN4O2. The van der Waals surface area contributed by atoms with Gasteiger partial charge in [-0.05, 0) is 32.0 Å². The van der Waals surface area contributed by atoms with Crippen LogP contribution in [0.1, 0.15) is 13.8 Å². The largest absolute Gasteiger partial charge is 0.494 e. The van der Waals surface area contributed by atoms with E-state index in [-0.39, 0.29) is 17.9 Å². The molecule has 0 amide bonds. The number of hydrogen-bond acceptors (Lipinski definition) is 6. The predicted octanol–water partition coefficient (Wildman–Crippen LogP) is 2.52. The fraction of sp³-hybridized carbons (Fsp3) is 0.357. The standard InChI is InChI=1S/C14H17FN4O2/c1-8(2)21-14-18-12(17-13(16-3)19-14)9-5-6-11(20-4)10(15)7-9/h5-8H,1-4H3,(H,16,17,18,19). The number of nitrogens with zero attached hydrogens (tertiary/aromatic N) is 3. The first-order valence-electron chi connectivity index (χ1n) is 6.48. The van der Waals surface area contributed by atoms with E-state index < -0.39 is 5.82 Å². The van der Waals surface area contributed by atoms with Crippen LogP contribution in [0.5, 0.6) is 11.8 Å². The van der Waals surface area contributed by atoms with Gasteiger partial charge < -0.3 is 14.8 Å². The first-order valence-corrected chi connectivity index (χ1v) is 6.48. The predicted molar refractivity (Wildman–Crippen MR) is 77.1 cm³/mol. The summed E-state index contributed by atoms with van der Waals surface area (Å²) < 4.78 is 24.2. The van der Waals surface area contributed by atoms with Crippen LogP contribution >= 0.6 is 0 Å². The van der Waals surface area contributed by atoms with Gasteiger partial charge in [0.1, 0.15) is 0 Å². The highest BCUT2D eigenvalue weighted by molar-refractivity contribution is 5.58. The van der Waals surface area contributed by atoms with Gasteiger partial charge in [-0.25, -0.2) is 4.39 Å². The van der Waals surface area contributed by atoms with E-state index in [0.717, 1.165) is 0 Å². The molecule has 0 aliphatic carbocycles. The lowest BCUT2D eigenvalue weighted by Crippen LogP contribution is -2.11. The van der Waals surface area contributed by atoms with Gasteiger partial charge in [-0.2, -0.15) is 15.0 Å². The van der Waals surface area contributed by atoms with Crippen LogP contribution in [-0.2, 0) is 0 Å². The third-order valence-corrected chi connectivity index (χ3v) is 2.59. The van der Waals surface area contributed by atoms with E-state index in [2.05, 4.69) is 20.3 Å². The van der Waals surface area contributed by atoms with Crippen molar-refractivity contribution >= 4 is 5.95 Å². The fourth-order valence-corrected chi connectivity index (χ4v) is 1.67. The molecule has 0 spiro atoms. The third kappa shape index (κ3) is 3.56. The number of rotatable bonds is 5. The SMILES string of the molecule is CNc1nc(OC(C)C)nc(-c2ccc(OC)c(F)c2)n1. The number of anilines is 1. The van der Waals surface area contributed by atoms with E-state index in [4.69, 9.17) is 9.47 Å². The van der Waals surface area contributed by atoms with Crippen molar-refractivity contribution in [3.05, 3.63) is 24.0 Å². The third-order valence-electron chi connectivity index (χ3n) is 2.59. The zero-order valence-electron chi connectivity index (χ0n) is 12.3. The van der Waals surface area contributed by atoms with Gasteiger partial charge in [0, 0.05) is 12.6 Å². The number of aromatic nitrogens is 3. The summed E-state index contributed by atoms with van der Waals surface area (Å²) in [4.78, 5) is 12.5. The van der Waals surface area contributed by atoms with Gasteiger partial charge >= 0.3 is 6.01 Å². The number of ether oxygens (including phenoxy) is 2. The van der Waals surface area contributed by atoms with Crippen molar-refractivity contribution < 1.29 is 13.9 Å². The van der Waals surface area contributed by atoms with Crippen molar-refractivity contribution in [2.75, 3.05) is 19.5 Å². The molecular weight excluding hydrogens is 275 g/mol. The lowest BCUT2D eigenvalue weighted by atomic mass is 10.2. The molecule has 2 aromatic rings. The molecule has 0 aliphatic rings. The van der Waals surface area contributed by atoms with Crippen LogP contribution < -0.4 is 14.8 Å². The Hall–Kier alpha value is -2.44. The van der Waals surface area contributed by atoms with Gasteiger partial charge in [-0.15, -0.1) is 0 Å². The summed E-state index contributed by atoms with van der Waals surface area (Å²) in [6.45, 7) is 3.74. The maximum atomic E-state index is 13.8. The Labute approximate surface area is 122 Å². The molecule has 0 radical (unpaired) electrons. The maximum absolute atomic E-state index is 13.8. The van der Waals surface area contributed by atoms with Crippen LogP contribution in [0.4, 0.5) is 10.3 Å². The molecule has 0 aliphatic heterocycles. The van der Waals surface area contributed by atoms with Crippen molar-refractivity contribution in [1.82, 2.24) is 15.0 Å². The Morgan fingerprint density at radius 3 is 2.52 bits per heavy atom. The topological polar surface area (TPSA) is 69.2 Å². The summed E-state index contributed by atoms with van der Waals surface area (Å²) in [5.41, 5.74) is 0.515. The molecule has 0 fully saturated rings. The quantitative estimate of drug-likeness (QED) is 0.913. The number of halogens is 1. The second-order valence-electron chi connectivity index (χ2n) is 4.53. The number of benzene rings is 1. The minimum absolute atomic E-state index is 0.0717. The van der Waals surface area contributed by atoms with E-state index in [1.54, 1.807) is 13.1 Å². The summed E-state index contributed by atoms with van der Waals surface area (Å²) in [6, 6.07) is 4.70. The van der Waals surface area contributed by atoms with E-state index in [9.17, 15) is 4.39 Å². The zero-order valence-corrected chi connectivity index (χ0v) is 12.3. The monoisotopic (exact) mass is 292 g/mol. The average molecular weight is 292 g/mol. The molecule has 112 valence electrons. The molecule has 0 atom stereocenters. The number of hydrogen-bond donors (Lipinski definition) is 1. The normalized spacial score (nSPS) is 10.6. The van der Waals surface area contributed by atoms with Crippen molar-refractivity contribution in [2.24, 2.45) is 0 Å². The highest BCUT2D eigenvalue weighted by Crippen LogP contribution is 2.24. The lowest BCUT2D eigenvalue weighted by Gasteiger charge is -2.10. The zero-order chi connectivity index (χ0) is 15.4. The summed E-state index contributed by atoms with van der Waals surface area (Å²) in [7, 11) is 3.10. The lowest BCUT2D eigenvalue weighted by molar-refractivity contribution is 0.222. The van der Waals surface area contributed by atoms with Crippen molar-refractivity contribution in [2.45, 2.75) is 20.0 Å². The highest BCUT2D eigenvalue weighted by atomic mass is 19.1. The summed E-state index contributed by atoms with van der Waals surface area (Å²) >= 11 is 0. The molecule has 6 nitrogen and oxygen atoms in total. The molecule has 21 heavy (non-hydrogen) atoms. The molecule has 0 bridgehead atoms. The summed E-state index contributed by atoms with van der Waals surface area (Å²) in [6.07, 6.45) is -0.0717. The van der Waals surface area contributed by atoms with E-state index in [1.165, 1.54) is 19.2 Å². The van der Waals surface area contributed by atoms with Gasteiger partial charge in [0.15, 0.2) is 17.4 Å². The summed E-state index contributed by atoms with van der Waals surface area (Å²) in [5.74, 6) is 0.367. The Kier molecular flexibility index (Phi) is 4.52. The first kappa shape index (κ1) is 15.0. The molecule has 7 heteroatoms. The molecule has 0 saturated carbocycles. The molecule has 0 unspecified atom stereocenters. The highest BCUT2D eigenvalue weighted by Gasteiger charge is 2.12. The van der Waals surface area contributed by atoms with Crippen molar-refractivity contribution in [3.8, 4) is 23.1 Å². The number of methoxy groups -OCH3 is 1. The van der Waals surface area contributed by atoms with Crippen molar-refractivity contribution in [3.63, 3.8) is 0 Å². The van der Waals surface area contributed by atoms with E-state index >= 15 is 0 Å². The molecule has 0 saturated heterocycles. The Bertz CT molecular complexity index is 634. The Morgan fingerprint density at radius 2 is 1.95 bits per heavy atom. The Morgan fingerprint density at radius 1 is 1.19 bits per heavy atom. The van der Waals surface area contributed by atoms with Gasteiger partial charge in [-0.1, -0.05) is 0 Å². The average Bonchev–Trinajstić information content (AvgIpc) is 2.46. The van der Waals surface area contributed by atoms with Gasteiger partial charge in [0.2, 0.25) is 5.95 Å². The Balaban J connectivity index is 2.44. The van der Waals surface area contributed by atoms with Crippen LogP contribution in [0.25, 0.3) is 11.4 Å². The second kappa shape index (κ2) is 6.34. The summed E-state index contributed by atoms with van der Waals surface area (Å²) in [5, 5.41) is 2.83. The van der Waals surface area contributed by atoms with Crippen molar-refractivity contribution in [1.29, 1.82) is 0 Å². The molecule has 1 N–H and O–H groups in total.